The lowest BCUT2D eigenvalue weighted by atomic mass is 9.55. The number of amides is 1. The molecule has 1 aromatic carbocycles. The van der Waals surface area contributed by atoms with E-state index >= 15 is 0 Å². The fraction of sp³-hybridized carbons (Fsp3) is 0.556. The van der Waals surface area contributed by atoms with Crippen molar-refractivity contribution in [2.75, 3.05) is 0 Å². The summed E-state index contributed by atoms with van der Waals surface area (Å²) in [5.74, 6) is 3.06. The number of nitrogens with one attached hydrogen (secondary N) is 1. The molecule has 0 heterocycles. The number of carbonyl (C=O) groups excluding carboxylic acids is 1. The van der Waals surface area contributed by atoms with Gasteiger partial charge in [0.15, 0.2) is 0 Å². The first-order valence-corrected chi connectivity index (χ1v) is 8.14. The Morgan fingerprint density at radius 2 is 1.67 bits per heavy atom. The van der Waals surface area contributed by atoms with Gasteiger partial charge in [0.2, 0.25) is 0 Å². The lowest BCUT2D eigenvalue weighted by Crippen LogP contribution is -2.46. The summed E-state index contributed by atoms with van der Waals surface area (Å²) in [7, 11) is 0. The molecule has 4 fully saturated rings. The molecular weight excluding hydrogens is 260 g/mol. The van der Waals surface area contributed by atoms with Crippen LogP contribution in [0.1, 0.15) is 48.0 Å². The Morgan fingerprint density at radius 3 is 2.29 bits per heavy atom. The highest BCUT2D eigenvalue weighted by Crippen LogP contribution is 2.52. The largest absolute Gasteiger partial charge is 0.271 e. The number of aryl methyl sites for hydroxylation is 1. The van der Waals surface area contributed by atoms with Crippen molar-refractivity contribution in [3.05, 3.63) is 35.4 Å². The predicted molar refractivity (Wildman–Crippen MR) is 83.1 cm³/mol. The minimum Gasteiger partial charge on any atom is -0.267 e. The summed E-state index contributed by atoms with van der Waals surface area (Å²) in [5.41, 5.74) is 5.83. The highest BCUT2D eigenvalue weighted by atomic mass is 16.2. The van der Waals surface area contributed by atoms with Crippen molar-refractivity contribution in [3.63, 3.8) is 0 Å². The maximum Gasteiger partial charge on any atom is 0.271 e. The highest BCUT2D eigenvalue weighted by Gasteiger charge is 2.46. The Bertz CT molecular complexity index is 575. The molecule has 4 aliphatic rings. The Hall–Kier alpha value is -1.64. The van der Waals surface area contributed by atoms with Gasteiger partial charge in [0.05, 0.1) is 0 Å². The molecule has 0 aromatic heterocycles. The van der Waals surface area contributed by atoms with Crippen molar-refractivity contribution in [2.45, 2.75) is 39.0 Å². The first-order chi connectivity index (χ1) is 10.2. The van der Waals surface area contributed by atoms with Crippen LogP contribution < -0.4 is 5.43 Å². The van der Waals surface area contributed by atoms with E-state index in [9.17, 15) is 4.79 Å². The molecule has 3 nitrogen and oxygen atoms in total. The molecule has 0 atom stereocenters. The molecule has 4 saturated carbocycles. The van der Waals surface area contributed by atoms with E-state index in [0.717, 1.165) is 23.0 Å². The van der Waals surface area contributed by atoms with Crippen LogP contribution in [-0.2, 0) is 0 Å². The molecule has 5 rings (SSSR count). The van der Waals surface area contributed by atoms with Crippen LogP contribution in [0.2, 0.25) is 0 Å². The molecule has 0 radical (unpaired) electrons. The van der Waals surface area contributed by atoms with Crippen LogP contribution in [0.25, 0.3) is 0 Å². The van der Waals surface area contributed by atoms with Crippen molar-refractivity contribution >= 4 is 11.6 Å². The van der Waals surface area contributed by atoms with Gasteiger partial charge < -0.3 is 0 Å². The van der Waals surface area contributed by atoms with Crippen LogP contribution in [-0.4, -0.2) is 11.6 Å². The summed E-state index contributed by atoms with van der Waals surface area (Å²) in [6, 6.07) is 7.68. The van der Waals surface area contributed by atoms with Crippen LogP contribution in [0.3, 0.4) is 0 Å². The lowest BCUT2D eigenvalue weighted by Gasteiger charge is -2.50. The van der Waals surface area contributed by atoms with E-state index in [2.05, 4.69) is 10.5 Å². The second-order valence-corrected chi connectivity index (χ2v) is 7.10. The van der Waals surface area contributed by atoms with Crippen LogP contribution in [0.4, 0.5) is 0 Å². The first-order valence-electron chi connectivity index (χ1n) is 8.14. The average molecular weight is 282 g/mol. The van der Waals surface area contributed by atoms with Gasteiger partial charge in [0.1, 0.15) is 0 Å². The van der Waals surface area contributed by atoms with Crippen molar-refractivity contribution in [1.82, 2.24) is 5.43 Å². The van der Waals surface area contributed by atoms with E-state index in [4.69, 9.17) is 0 Å². The minimum absolute atomic E-state index is 0.0746. The lowest BCUT2D eigenvalue weighted by molar-refractivity contribution is 0.0942. The first kappa shape index (κ1) is 13.1. The van der Waals surface area contributed by atoms with E-state index in [0.29, 0.717) is 11.8 Å². The Morgan fingerprint density at radius 1 is 1.05 bits per heavy atom. The fourth-order valence-electron chi connectivity index (χ4n) is 4.85. The van der Waals surface area contributed by atoms with Gasteiger partial charge in [-0.3, -0.25) is 4.79 Å². The Kier molecular flexibility index (Phi) is 3.09. The number of carbonyl (C=O) groups is 1. The predicted octanol–water partition coefficient (Wildman–Crippen LogP) is 3.54. The molecule has 1 amide bonds. The monoisotopic (exact) mass is 282 g/mol. The summed E-state index contributed by atoms with van der Waals surface area (Å²) in [6.07, 6.45) is 6.63. The summed E-state index contributed by atoms with van der Waals surface area (Å²) < 4.78 is 0. The van der Waals surface area contributed by atoms with E-state index in [1.807, 2.05) is 31.2 Å². The van der Waals surface area contributed by atoms with Gasteiger partial charge >= 0.3 is 0 Å². The number of hydrogen-bond donors (Lipinski definition) is 1. The third-order valence-electron chi connectivity index (χ3n) is 5.65. The van der Waals surface area contributed by atoms with Crippen LogP contribution in [0, 0.1) is 30.6 Å². The summed E-state index contributed by atoms with van der Waals surface area (Å²) in [4.78, 5) is 12.3. The van der Waals surface area contributed by atoms with E-state index in [1.54, 1.807) is 0 Å². The molecule has 0 unspecified atom stereocenters. The highest BCUT2D eigenvalue weighted by molar-refractivity contribution is 5.97. The average Bonchev–Trinajstić information content (AvgIpc) is 2.46. The topological polar surface area (TPSA) is 41.5 Å². The molecular formula is C18H22N2O. The van der Waals surface area contributed by atoms with Gasteiger partial charge in [0, 0.05) is 11.3 Å². The SMILES string of the molecule is Cc1ccccc1C(=O)NN=C1C2CC3CC(C2)CC1C3. The van der Waals surface area contributed by atoms with Crippen LogP contribution in [0.15, 0.2) is 29.4 Å². The molecule has 4 aliphatic carbocycles. The van der Waals surface area contributed by atoms with E-state index in [1.165, 1.54) is 37.8 Å². The van der Waals surface area contributed by atoms with Gasteiger partial charge in [-0.25, -0.2) is 5.43 Å². The van der Waals surface area contributed by atoms with Gasteiger partial charge in [-0.2, -0.15) is 5.10 Å². The number of hydrazone groups is 1. The van der Waals surface area contributed by atoms with Gasteiger partial charge in [-0.05, 0) is 74.3 Å². The second kappa shape index (κ2) is 4.97. The third-order valence-corrected chi connectivity index (χ3v) is 5.65. The molecule has 0 aliphatic heterocycles. The van der Waals surface area contributed by atoms with Gasteiger partial charge in [-0.1, -0.05) is 18.2 Å². The van der Waals surface area contributed by atoms with Crippen LogP contribution in [0.5, 0.6) is 0 Å². The Labute approximate surface area is 125 Å². The summed E-state index contributed by atoms with van der Waals surface area (Å²) >= 11 is 0. The minimum atomic E-state index is -0.0746. The molecule has 0 saturated heterocycles. The maximum absolute atomic E-state index is 12.3. The molecule has 110 valence electrons. The quantitative estimate of drug-likeness (QED) is 0.828. The molecule has 1 aromatic rings. The van der Waals surface area contributed by atoms with Crippen molar-refractivity contribution < 1.29 is 4.79 Å². The zero-order valence-corrected chi connectivity index (χ0v) is 12.5. The molecule has 4 bridgehead atoms. The molecule has 21 heavy (non-hydrogen) atoms. The third kappa shape index (κ3) is 2.29. The van der Waals surface area contributed by atoms with Crippen molar-refractivity contribution in [2.24, 2.45) is 28.8 Å². The van der Waals surface area contributed by atoms with E-state index in [-0.39, 0.29) is 5.91 Å². The number of nitrogens with zero attached hydrogens (tertiary/aromatic N) is 1. The van der Waals surface area contributed by atoms with Gasteiger partial charge in [0.25, 0.3) is 5.91 Å². The second-order valence-electron chi connectivity index (χ2n) is 7.10. The normalized spacial score (nSPS) is 33.1. The van der Waals surface area contributed by atoms with E-state index < -0.39 is 0 Å². The standard InChI is InChI=1S/C18H22N2O/c1-11-4-2-3-5-16(11)18(21)20-19-17-14-7-12-6-13(9-14)10-15(17)8-12/h2-5,12-15H,6-10H2,1H3,(H,20,21). The smallest absolute Gasteiger partial charge is 0.267 e. The zero-order chi connectivity index (χ0) is 14.4. The number of benzene rings is 1. The zero-order valence-electron chi connectivity index (χ0n) is 12.5. The fourth-order valence-corrected chi connectivity index (χ4v) is 4.85. The van der Waals surface area contributed by atoms with Crippen molar-refractivity contribution in [3.8, 4) is 0 Å². The summed E-state index contributed by atoms with van der Waals surface area (Å²) in [5, 5.41) is 4.56. The van der Waals surface area contributed by atoms with Crippen LogP contribution >= 0.6 is 0 Å². The van der Waals surface area contributed by atoms with Gasteiger partial charge in [-0.15, -0.1) is 0 Å². The number of hydrogen-bond acceptors (Lipinski definition) is 2. The molecule has 0 spiro atoms. The Balaban J connectivity index is 1.51. The maximum atomic E-state index is 12.3. The molecule has 1 N–H and O–H groups in total. The van der Waals surface area contributed by atoms with Crippen molar-refractivity contribution in [1.29, 1.82) is 0 Å². The summed E-state index contributed by atoms with van der Waals surface area (Å²) in [6.45, 7) is 1.96. The molecule has 3 heteroatoms. The number of rotatable bonds is 2.